The normalized spacial score (nSPS) is 29.0. The molecule has 1 aromatic carbocycles. The van der Waals surface area contributed by atoms with E-state index in [0.717, 1.165) is 62.9 Å². The molecule has 3 rings (SSSR count). The zero-order valence-corrected chi connectivity index (χ0v) is 16.9. The summed E-state index contributed by atoms with van der Waals surface area (Å²) in [7, 11) is 1.65. The second kappa shape index (κ2) is 8.83. The van der Waals surface area contributed by atoms with Crippen molar-refractivity contribution in [1.29, 1.82) is 5.26 Å². The maximum atomic E-state index is 11.5. The summed E-state index contributed by atoms with van der Waals surface area (Å²) in [4.78, 5) is 15.6. The number of ether oxygens (including phenoxy) is 1. The standard InChI is InChI=1S/C22H31N3O3/c1-3-18-15-24(13-4-14-25(18)21(26)27)19-9-11-22(16-23,12-10-19)17-5-7-20(28-2)8-6-17/h5-8,18-19H,3-4,9-15H2,1-2H3,(H,26,27). The van der Waals surface area contributed by atoms with E-state index in [-0.39, 0.29) is 6.04 Å². The Morgan fingerprint density at radius 1 is 1.29 bits per heavy atom. The summed E-state index contributed by atoms with van der Waals surface area (Å²) >= 11 is 0. The van der Waals surface area contributed by atoms with E-state index in [1.54, 1.807) is 12.0 Å². The fraction of sp³-hybridized carbons (Fsp3) is 0.636. The van der Waals surface area contributed by atoms with Crippen molar-refractivity contribution in [3.8, 4) is 11.8 Å². The number of methoxy groups -OCH3 is 1. The fourth-order valence-corrected chi connectivity index (χ4v) is 4.86. The Morgan fingerprint density at radius 3 is 2.50 bits per heavy atom. The van der Waals surface area contributed by atoms with Gasteiger partial charge in [0.05, 0.1) is 18.6 Å². The lowest BCUT2D eigenvalue weighted by atomic mass is 9.69. The molecule has 1 heterocycles. The molecule has 1 N–H and O–H groups in total. The van der Waals surface area contributed by atoms with Crippen molar-refractivity contribution in [2.75, 3.05) is 26.7 Å². The molecular weight excluding hydrogens is 354 g/mol. The van der Waals surface area contributed by atoms with Crippen LogP contribution < -0.4 is 4.74 Å². The van der Waals surface area contributed by atoms with Crippen LogP contribution in [0.5, 0.6) is 5.75 Å². The minimum Gasteiger partial charge on any atom is -0.497 e. The number of hydrogen-bond donors (Lipinski definition) is 1. The van der Waals surface area contributed by atoms with E-state index in [1.165, 1.54) is 0 Å². The molecule has 0 aromatic heterocycles. The van der Waals surface area contributed by atoms with Crippen LogP contribution in [0.25, 0.3) is 0 Å². The van der Waals surface area contributed by atoms with E-state index >= 15 is 0 Å². The monoisotopic (exact) mass is 385 g/mol. The van der Waals surface area contributed by atoms with E-state index in [1.807, 2.05) is 24.3 Å². The summed E-state index contributed by atoms with van der Waals surface area (Å²) in [5.41, 5.74) is 0.653. The average molecular weight is 386 g/mol. The highest BCUT2D eigenvalue weighted by Crippen LogP contribution is 2.41. The lowest BCUT2D eigenvalue weighted by Crippen LogP contribution is -2.47. The summed E-state index contributed by atoms with van der Waals surface area (Å²) in [5.74, 6) is 0.809. The number of nitrogens with zero attached hydrogens (tertiary/aromatic N) is 3. The molecule has 2 aliphatic rings. The van der Waals surface area contributed by atoms with Gasteiger partial charge in [0.2, 0.25) is 0 Å². The lowest BCUT2D eigenvalue weighted by Gasteiger charge is -2.41. The van der Waals surface area contributed by atoms with Crippen LogP contribution in [-0.4, -0.2) is 59.8 Å². The zero-order valence-electron chi connectivity index (χ0n) is 16.9. The summed E-state index contributed by atoms with van der Waals surface area (Å²) in [6.07, 6.45) is 4.55. The second-order valence-electron chi connectivity index (χ2n) is 8.04. The predicted molar refractivity (Wildman–Crippen MR) is 108 cm³/mol. The van der Waals surface area contributed by atoms with Crippen LogP contribution in [0.4, 0.5) is 4.79 Å². The molecule has 6 nitrogen and oxygen atoms in total. The van der Waals surface area contributed by atoms with Gasteiger partial charge in [-0.15, -0.1) is 0 Å². The number of hydrogen-bond acceptors (Lipinski definition) is 4. The predicted octanol–water partition coefficient (Wildman–Crippen LogP) is 3.86. The first-order valence-corrected chi connectivity index (χ1v) is 10.3. The van der Waals surface area contributed by atoms with Gasteiger partial charge < -0.3 is 14.7 Å². The highest BCUT2D eigenvalue weighted by molar-refractivity contribution is 5.65. The van der Waals surface area contributed by atoms with Crippen LogP contribution in [0.15, 0.2) is 24.3 Å². The summed E-state index contributed by atoms with van der Waals surface area (Å²) in [5, 5.41) is 19.5. The highest BCUT2D eigenvalue weighted by Gasteiger charge is 2.40. The molecular formula is C22H31N3O3. The van der Waals surface area contributed by atoms with Crippen LogP contribution in [0.2, 0.25) is 0 Å². The molecule has 1 aliphatic carbocycles. The van der Waals surface area contributed by atoms with Gasteiger partial charge in [-0.3, -0.25) is 4.90 Å². The lowest BCUT2D eigenvalue weighted by molar-refractivity contribution is 0.101. The Labute approximate surface area is 167 Å². The van der Waals surface area contributed by atoms with E-state index < -0.39 is 11.5 Å². The Hall–Kier alpha value is -2.26. The third-order valence-corrected chi connectivity index (χ3v) is 6.63. The van der Waals surface area contributed by atoms with Crippen LogP contribution in [-0.2, 0) is 5.41 Å². The summed E-state index contributed by atoms with van der Waals surface area (Å²) < 4.78 is 5.24. The molecule has 0 bridgehead atoms. The quantitative estimate of drug-likeness (QED) is 0.851. The molecule has 1 aliphatic heterocycles. The molecule has 28 heavy (non-hydrogen) atoms. The van der Waals surface area contributed by atoms with Crippen LogP contribution >= 0.6 is 0 Å². The van der Waals surface area contributed by atoms with Gasteiger partial charge in [0, 0.05) is 31.7 Å². The third-order valence-electron chi connectivity index (χ3n) is 6.63. The van der Waals surface area contributed by atoms with Crippen molar-refractivity contribution in [3.63, 3.8) is 0 Å². The molecule has 1 atom stereocenters. The molecule has 2 fully saturated rings. The van der Waals surface area contributed by atoms with Gasteiger partial charge in [0.25, 0.3) is 0 Å². The van der Waals surface area contributed by atoms with Crippen molar-refractivity contribution in [1.82, 2.24) is 9.80 Å². The van der Waals surface area contributed by atoms with Crippen LogP contribution in [0, 0.1) is 11.3 Å². The molecule has 0 radical (unpaired) electrons. The van der Waals surface area contributed by atoms with Crippen molar-refractivity contribution in [3.05, 3.63) is 29.8 Å². The van der Waals surface area contributed by atoms with Crippen molar-refractivity contribution in [2.45, 2.75) is 62.9 Å². The minimum absolute atomic E-state index is 0.0595. The van der Waals surface area contributed by atoms with Crippen LogP contribution in [0.3, 0.4) is 0 Å². The number of amides is 1. The molecule has 1 saturated carbocycles. The second-order valence-corrected chi connectivity index (χ2v) is 8.04. The maximum absolute atomic E-state index is 11.5. The SMILES string of the molecule is CCC1CN(C2CCC(C#N)(c3ccc(OC)cc3)CC2)CCCN1C(=O)O. The number of carboxylic acid groups (broad SMARTS) is 1. The molecule has 0 spiro atoms. The van der Waals surface area contributed by atoms with E-state index in [2.05, 4.69) is 17.9 Å². The average Bonchev–Trinajstić information content (AvgIpc) is 2.96. The Balaban J connectivity index is 1.68. The largest absolute Gasteiger partial charge is 0.497 e. The first-order chi connectivity index (χ1) is 13.5. The molecule has 1 saturated heterocycles. The summed E-state index contributed by atoms with van der Waals surface area (Å²) in [6, 6.07) is 11.0. The van der Waals surface area contributed by atoms with Gasteiger partial charge in [-0.05, 0) is 56.2 Å². The maximum Gasteiger partial charge on any atom is 0.407 e. The van der Waals surface area contributed by atoms with Gasteiger partial charge in [-0.25, -0.2) is 4.79 Å². The number of carbonyl (C=O) groups is 1. The summed E-state index contributed by atoms with van der Waals surface area (Å²) in [6.45, 7) is 4.42. The minimum atomic E-state index is -0.805. The highest BCUT2D eigenvalue weighted by atomic mass is 16.5. The van der Waals surface area contributed by atoms with Gasteiger partial charge in [-0.2, -0.15) is 5.26 Å². The first kappa shape index (κ1) is 20.5. The molecule has 152 valence electrons. The zero-order chi connectivity index (χ0) is 20.1. The van der Waals surface area contributed by atoms with E-state index in [4.69, 9.17) is 4.74 Å². The van der Waals surface area contributed by atoms with E-state index in [0.29, 0.717) is 12.6 Å². The third kappa shape index (κ3) is 4.10. The van der Waals surface area contributed by atoms with Crippen molar-refractivity contribution >= 4 is 6.09 Å². The van der Waals surface area contributed by atoms with Crippen molar-refractivity contribution in [2.24, 2.45) is 0 Å². The molecule has 1 unspecified atom stereocenters. The Kier molecular flexibility index (Phi) is 6.46. The number of nitriles is 1. The Morgan fingerprint density at radius 2 is 1.96 bits per heavy atom. The Bertz CT molecular complexity index is 705. The molecule has 6 heteroatoms. The smallest absolute Gasteiger partial charge is 0.407 e. The van der Waals surface area contributed by atoms with Gasteiger partial charge in [-0.1, -0.05) is 19.1 Å². The molecule has 1 amide bonds. The van der Waals surface area contributed by atoms with Gasteiger partial charge >= 0.3 is 6.09 Å². The van der Waals surface area contributed by atoms with Gasteiger partial charge in [0.15, 0.2) is 0 Å². The van der Waals surface area contributed by atoms with E-state index in [9.17, 15) is 15.2 Å². The van der Waals surface area contributed by atoms with Crippen molar-refractivity contribution < 1.29 is 14.6 Å². The number of benzene rings is 1. The topological polar surface area (TPSA) is 76.8 Å². The molecule has 1 aromatic rings. The fourth-order valence-electron chi connectivity index (χ4n) is 4.86. The number of rotatable bonds is 4. The first-order valence-electron chi connectivity index (χ1n) is 10.3. The van der Waals surface area contributed by atoms with Gasteiger partial charge in [0.1, 0.15) is 5.75 Å². The van der Waals surface area contributed by atoms with Crippen LogP contribution in [0.1, 0.15) is 51.0 Å².